The Morgan fingerprint density at radius 2 is 2.00 bits per heavy atom. The molecule has 102 valence electrons. The first-order chi connectivity index (χ1) is 8.82. The van der Waals surface area contributed by atoms with Crippen LogP contribution in [0.25, 0.3) is 0 Å². The van der Waals surface area contributed by atoms with E-state index in [0.29, 0.717) is 5.56 Å². The molecule has 0 radical (unpaired) electrons. The second kappa shape index (κ2) is 6.03. The zero-order valence-corrected chi connectivity index (χ0v) is 9.75. The van der Waals surface area contributed by atoms with Crippen molar-refractivity contribution in [3.8, 4) is 0 Å². The number of anilines is 1. The van der Waals surface area contributed by atoms with Gasteiger partial charge < -0.3 is 10.6 Å². The van der Waals surface area contributed by atoms with Crippen LogP contribution in [0.2, 0.25) is 0 Å². The van der Waals surface area contributed by atoms with Crippen molar-refractivity contribution >= 4 is 17.5 Å². The highest BCUT2D eigenvalue weighted by Gasteiger charge is 2.38. The third kappa shape index (κ3) is 4.82. The Morgan fingerprint density at radius 3 is 2.58 bits per heavy atom. The summed E-state index contributed by atoms with van der Waals surface area (Å²) in [6.07, 6.45) is -3.86. The van der Waals surface area contributed by atoms with Gasteiger partial charge in [-0.05, 0) is 23.8 Å². The third-order valence-corrected chi connectivity index (χ3v) is 2.09. The van der Waals surface area contributed by atoms with Crippen LogP contribution in [0.4, 0.5) is 18.9 Å². The van der Waals surface area contributed by atoms with Crippen molar-refractivity contribution in [1.82, 2.24) is 5.32 Å². The van der Waals surface area contributed by atoms with Crippen LogP contribution in [-0.2, 0) is 16.1 Å². The second-order valence-electron chi connectivity index (χ2n) is 3.57. The summed E-state index contributed by atoms with van der Waals surface area (Å²) >= 11 is 0. The molecule has 0 fully saturated rings. The molecule has 2 N–H and O–H groups in total. The summed E-state index contributed by atoms with van der Waals surface area (Å²) in [6, 6.07) is 5.74. The van der Waals surface area contributed by atoms with E-state index >= 15 is 0 Å². The largest absolute Gasteiger partial charge is 0.471 e. The van der Waals surface area contributed by atoms with Crippen LogP contribution < -0.4 is 10.6 Å². The number of hydrogen-bond donors (Lipinski definition) is 2. The number of amides is 2. The number of benzene rings is 1. The SMILES string of the molecule is C=CC(=O)NCc1cccc(NC(=O)C(F)(F)F)c1. The molecule has 1 rings (SSSR count). The molecule has 0 atom stereocenters. The maximum absolute atomic E-state index is 12.1. The molecule has 0 aliphatic rings. The van der Waals surface area contributed by atoms with Crippen LogP contribution in [0, 0.1) is 0 Å². The fraction of sp³-hybridized carbons (Fsp3) is 0.167. The topological polar surface area (TPSA) is 58.2 Å². The molecule has 0 saturated heterocycles. The summed E-state index contributed by atoms with van der Waals surface area (Å²) in [6.45, 7) is 3.39. The summed E-state index contributed by atoms with van der Waals surface area (Å²) in [5, 5.41) is 4.19. The van der Waals surface area contributed by atoms with Crippen molar-refractivity contribution in [2.75, 3.05) is 5.32 Å². The quantitative estimate of drug-likeness (QED) is 0.823. The van der Waals surface area contributed by atoms with Gasteiger partial charge in [0.2, 0.25) is 5.91 Å². The minimum atomic E-state index is -4.94. The fourth-order valence-corrected chi connectivity index (χ4v) is 1.22. The number of carbonyl (C=O) groups excluding carboxylic acids is 2. The molecule has 0 aromatic heterocycles. The highest BCUT2D eigenvalue weighted by atomic mass is 19.4. The van der Waals surface area contributed by atoms with E-state index < -0.39 is 18.0 Å². The normalized spacial score (nSPS) is 10.7. The highest BCUT2D eigenvalue weighted by molar-refractivity contribution is 5.95. The molecule has 19 heavy (non-hydrogen) atoms. The number of nitrogens with one attached hydrogen (secondary N) is 2. The molecular formula is C12H11F3N2O2. The van der Waals surface area contributed by atoms with Crippen molar-refractivity contribution in [1.29, 1.82) is 0 Å². The standard InChI is InChI=1S/C12H11F3N2O2/c1-2-10(18)16-7-8-4-3-5-9(6-8)17-11(19)12(13,14)15/h2-6H,1,7H2,(H,16,18)(H,17,19). The Kier molecular flexibility index (Phi) is 4.68. The van der Waals surface area contributed by atoms with Crippen LogP contribution in [0.3, 0.4) is 0 Å². The van der Waals surface area contributed by atoms with Crippen LogP contribution in [-0.4, -0.2) is 18.0 Å². The van der Waals surface area contributed by atoms with E-state index in [1.807, 2.05) is 0 Å². The third-order valence-electron chi connectivity index (χ3n) is 2.09. The summed E-state index contributed by atoms with van der Waals surface area (Å²) in [7, 11) is 0. The summed E-state index contributed by atoms with van der Waals surface area (Å²) in [5.41, 5.74) is 0.558. The number of hydrogen-bond acceptors (Lipinski definition) is 2. The Balaban J connectivity index is 2.69. The molecule has 2 amide bonds. The first kappa shape index (κ1) is 14.7. The van der Waals surface area contributed by atoms with Crippen molar-refractivity contribution in [2.45, 2.75) is 12.7 Å². The Bertz CT molecular complexity index is 498. The van der Waals surface area contributed by atoms with Gasteiger partial charge in [-0.3, -0.25) is 9.59 Å². The molecule has 0 aliphatic heterocycles. The van der Waals surface area contributed by atoms with Crippen LogP contribution in [0.1, 0.15) is 5.56 Å². The van der Waals surface area contributed by atoms with Crippen molar-refractivity contribution < 1.29 is 22.8 Å². The lowest BCUT2D eigenvalue weighted by atomic mass is 10.2. The van der Waals surface area contributed by atoms with Crippen LogP contribution in [0.15, 0.2) is 36.9 Å². The van der Waals surface area contributed by atoms with Gasteiger partial charge in [-0.25, -0.2) is 0 Å². The van der Waals surface area contributed by atoms with E-state index in [9.17, 15) is 22.8 Å². The highest BCUT2D eigenvalue weighted by Crippen LogP contribution is 2.18. The van der Waals surface area contributed by atoms with E-state index in [1.54, 1.807) is 11.4 Å². The van der Waals surface area contributed by atoms with E-state index in [2.05, 4.69) is 11.9 Å². The van der Waals surface area contributed by atoms with Gasteiger partial charge in [0.25, 0.3) is 0 Å². The maximum atomic E-state index is 12.1. The van der Waals surface area contributed by atoms with Gasteiger partial charge in [-0.15, -0.1) is 0 Å². The van der Waals surface area contributed by atoms with E-state index in [0.717, 1.165) is 6.08 Å². The molecule has 4 nitrogen and oxygen atoms in total. The van der Waals surface area contributed by atoms with Gasteiger partial charge in [0.1, 0.15) is 0 Å². The molecule has 7 heteroatoms. The Morgan fingerprint density at radius 1 is 1.32 bits per heavy atom. The van der Waals surface area contributed by atoms with Crippen molar-refractivity contribution in [3.63, 3.8) is 0 Å². The number of halogens is 3. The van der Waals surface area contributed by atoms with E-state index in [-0.39, 0.29) is 12.2 Å². The average Bonchev–Trinajstić information content (AvgIpc) is 2.35. The van der Waals surface area contributed by atoms with Crippen LogP contribution in [0.5, 0.6) is 0 Å². The zero-order chi connectivity index (χ0) is 14.5. The predicted molar refractivity (Wildman–Crippen MR) is 63.2 cm³/mol. The lowest BCUT2D eigenvalue weighted by Crippen LogP contribution is -2.30. The molecule has 0 aliphatic carbocycles. The fourth-order valence-electron chi connectivity index (χ4n) is 1.22. The zero-order valence-electron chi connectivity index (χ0n) is 9.75. The molecule has 0 unspecified atom stereocenters. The Labute approximate surface area is 107 Å². The number of rotatable bonds is 4. The summed E-state index contributed by atoms with van der Waals surface area (Å²) in [4.78, 5) is 21.7. The van der Waals surface area contributed by atoms with Gasteiger partial charge in [0.15, 0.2) is 0 Å². The summed E-state index contributed by atoms with van der Waals surface area (Å²) in [5.74, 6) is -2.44. The van der Waals surface area contributed by atoms with Crippen molar-refractivity contribution in [3.05, 3.63) is 42.5 Å². The maximum Gasteiger partial charge on any atom is 0.471 e. The first-order valence-corrected chi connectivity index (χ1v) is 5.20. The van der Waals surface area contributed by atoms with Crippen molar-refractivity contribution in [2.24, 2.45) is 0 Å². The molecule has 1 aromatic rings. The van der Waals surface area contributed by atoms with Gasteiger partial charge in [-0.1, -0.05) is 18.7 Å². The smallest absolute Gasteiger partial charge is 0.348 e. The van der Waals surface area contributed by atoms with E-state index in [4.69, 9.17) is 0 Å². The molecule has 0 spiro atoms. The monoisotopic (exact) mass is 272 g/mol. The first-order valence-electron chi connectivity index (χ1n) is 5.20. The molecule has 0 saturated carbocycles. The lowest BCUT2D eigenvalue weighted by molar-refractivity contribution is -0.167. The molecule has 0 heterocycles. The molecular weight excluding hydrogens is 261 g/mol. The number of carbonyl (C=O) groups is 2. The van der Waals surface area contributed by atoms with Gasteiger partial charge in [0, 0.05) is 12.2 Å². The lowest BCUT2D eigenvalue weighted by Gasteiger charge is -2.09. The number of alkyl halides is 3. The minimum Gasteiger partial charge on any atom is -0.348 e. The molecule has 0 bridgehead atoms. The predicted octanol–water partition coefficient (Wildman–Crippen LogP) is 1.99. The average molecular weight is 272 g/mol. The van der Waals surface area contributed by atoms with Gasteiger partial charge >= 0.3 is 12.1 Å². The molecule has 1 aromatic carbocycles. The van der Waals surface area contributed by atoms with Gasteiger partial charge in [0.05, 0.1) is 0 Å². The summed E-state index contributed by atoms with van der Waals surface area (Å²) < 4.78 is 36.2. The van der Waals surface area contributed by atoms with E-state index in [1.165, 1.54) is 18.2 Å². The Hall–Kier alpha value is -2.31. The van der Waals surface area contributed by atoms with Crippen LogP contribution >= 0.6 is 0 Å². The van der Waals surface area contributed by atoms with Gasteiger partial charge in [-0.2, -0.15) is 13.2 Å². The second-order valence-corrected chi connectivity index (χ2v) is 3.57. The minimum absolute atomic E-state index is 0.00711.